The number of nitrogens with one attached hydrogen (secondary N) is 5. The molecule has 2 aromatic heterocycles. The summed E-state index contributed by atoms with van der Waals surface area (Å²) in [5, 5.41) is 0.710. The molecule has 2 amide bonds. The maximum absolute atomic E-state index is 12.6. The van der Waals surface area contributed by atoms with Crippen LogP contribution in [0.4, 0.5) is 0 Å². The highest BCUT2D eigenvalue weighted by molar-refractivity contribution is 7.18. The fourth-order valence-corrected chi connectivity index (χ4v) is 5.75. The zero-order chi connectivity index (χ0) is 22.8. The molecule has 1 aliphatic heterocycles. The number of hydrazine groups is 2. The van der Waals surface area contributed by atoms with Crippen LogP contribution < -0.4 is 27.3 Å². The largest absolute Gasteiger partial charge is 0.310 e. The van der Waals surface area contributed by atoms with Gasteiger partial charge in [-0.1, -0.05) is 30.3 Å². The number of amides is 2. The number of benzene rings is 1. The summed E-state index contributed by atoms with van der Waals surface area (Å²) in [6.07, 6.45) is 5.14. The molecule has 1 fully saturated rings. The monoisotopic (exact) mass is 466 g/mol. The zero-order valence-electron chi connectivity index (χ0n) is 18.1. The van der Waals surface area contributed by atoms with E-state index in [-0.39, 0.29) is 36.3 Å². The molecule has 9 nitrogen and oxygen atoms in total. The molecule has 5 rings (SSSR count). The highest BCUT2D eigenvalue weighted by atomic mass is 32.1. The van der Waals surface area contributed by atoms with Gasteiger partial charge in [0.2, 0.25) is 5.91 Å². The number of carbonyl (C=O) groups is 2. The first kappa shape index (κ1) is 21.7. The van der Waals surface area contributed by atoms with Gasteiger partial charge in [-0.05, 0) is 43.2 Å². The average molecular weight is 467 g/mol. The molecular formula is C23H26N6O3S. The molecule has 0 bridgehead atoms. The predicted molar refractivity (Wildman–Crippen MR) is 125 cm³/mol. The molecule has 172 valence electrons. The summed E-state index contributed by atoms with van der Waals surface area (Å²) in [5.41, 5.74) is 13.1. The molecule has 0 saturated carbocycles. The highest BCUT2D eigenvalue weighted by Crippen LogP contribution is 2.33. The fourth-order valence-electron chi connectivity index (χ4n) is 4.47. The Morgan fingerprint density at radius 3 is 2.76 bits per heavy atom. The number of aryl methyl sites for hydroxylation is 3. The van der Waals surface area contributed by atoms with Gasteiger partial charge in [0.1, 0.15) is 16.7 Å². The molecule has 3 heterocycles. The summed E-state index contributed by atoms with van der Waals surface area (Å²) in [6, 6.07) is 9.43. The molecule has 2 atom stereocenters. The lowest BCUT2D eigenvalue weighted by Gasteiger charge is -2.11. The lowest BCUT2D eigenvalue weighted by Crippen LogP contribution is -2.50. The number of thiophene rings is 1. The van der Waals surface area contributed by atoms with Gasteiger partial charge in [-0.15, -0.1) is 11.3 Å². The Morgan fingerprint density at radius 2 is 1.91 bits per heavy atom. The number of carbonyl (C=O) groups excluding carboxylic acids is 2. The average Bonchev–Trinajstić information content (AvgIpc) is 3.47. The third kappa shape index (κ3) is 4.68. The van der Waals surface area contributed by atoms with Crippen molar-refractivity contribution < 1.29 is 9.59 Å². The number of aromatic nitrogens is 2. The van der Waals surface area contributed by atoms with Gasteiger partial charge >= 0.3 is 0 Å². The Balaban J connectivity index is 1.13. The van der Waals surface area contributed by atoms with Crippen LogP contribution >= 0.6 is 11.3 Å². The van der Waals surface area contributed by atoms with Crippen molar-refractivity contribution in [3.63, 3.8) is 0 Å². The maximum Gasteiger partial charge on any atom is 0.259 e. The minimum atomic E-state index is -0.458. The highest BCUT2D eigenvalue weighted by Gasteiger charge is 2.30. The smallest absolute Gasteiger partial charge is 0.259 e. The molecular weight excluding hydrogens is 440 g/mol. The summed E-state index contributed by atoms with van der Waals surface area (Å²) in [5.74, 6) is -0.173. The minimum Gasteiger partial charge on any atom is -0.310 e. The number of rotatable bonds is 5. The van der Waals surface area contributed by atoms with Crippen molar-refractivity contribution in [2.24, 2.45) is 0 Å². The minimum absolute atomic E-state index is 0.0263. The molecule has 1 saturated heterocycles. The number of fused-ring (bicyclic) bond motifs is 3. The van der Waals surface area contributed by atoms with E-state index in [4.69, 9.17) is 0 Å². The topological polar surface area (TPSA) is 128 Å². The van der Waals surface area contributed by atoms with Crippen molar-refractivity contribution in [1.29, 1.82) is 0 Å². The van der Waals surface area contributed by atoms with Crippen molar-refractivity contribution >= 4 is 33.4 Å². The molecule has 2 aliphatic rings. The van der Waals surface area contributed by atoms with E-state index < -0.39 is 6.04 Å². The van der Waals surface area contributed by atoms with Crippen molar-refractivity contribution in [2.75, 3.05) is 0 Å². The van der Waals surface area contributed by atoms with Gasteiger partial charge in [0, 0.05) is 23.8 Å². The van der Waals surface area contributed by atoms with Crippen LogP contribution in [-0.4, -0.2) is 27.8 Å². The Hall–Kier alpha value is -3.08. The van der Waals surface area contributed by atoms with E-state index in [9.17, 15) is 14.4 Å². The van der Waals surface area contributed by atoms with Crippen molar-refractivity contribution in [3.8, 4) is 0 Å². The van der Waals surface area contributed by atoms with Crippen molar-refractivity contribution in [2.45, 2.75) is 57.0 Å². The van der Waals surface area contributed by atoms with Crippen molar-refractivity contribution in [3.05, 3.63) is 62.5 Å². The molecule has 1 aromatic carbocycles. The van der Waals surface area contributed by atoms with E-state index in [0.717, 1.165) is 41.6 Å². The van der Waals surface area contributed by atoms with Crippen LogP contribution in [0.2, 0.25) is 0 Å². The summed E-state index contributed by atoms with van der Waals surface area (Å²) in [4.78, 5) is 46.7. The first-order chi connectivity index (χ1) is 16.1. The second-order valence-electron chi connectivity index (χ2n) is 8.48. The second kappa shape index (κ2) is 9.42. The number of aromatic amines is 1. The van der Waals surface area contributed by atoms with Gasteiger partial charge in [0.25, 0.3) is 11.5 Å². The van der Waals surface area contributed by atoms with E-state index in [1.54, 1.807) is 11.3 Å². The number of nitrogens with zero attached hydrogens (tertiary/aromatic N) is 1. The third-order valence-electron chi connectivity index (χ3n) is 6.21. The van der Waals surface area contributed by atoms with E-state index in [2.05, 4.69) is 31.7 Å². The van der Waals surface area contributed by atoms with E-state index in [0.29, 0.717) is 17.6 Å². The third-order valence-corrected chi connectivity index (χ3v) is 7.40. The maximum atomic E-state index is 12.6. The van der Waals surface area contributed by atoms with Crippen LogP contribution in [0.3, 0.4) is 0 Å². The normalized spacial score (nSPS) is 19.9. The molecule has 3 aromatic rings. The van der Waals surface area contributed by atoms with Crippen LogP contribution in [0, 0.1) is 0 Å². The Labute approximate surface area is 194 Å². The summed E-state index contributed by atoms with van der Waals surface area (Å²) < 4.78 is 0. The van der Waals surface area contributed by atoms with Crippen LogP contribution in [0.25, 0.3) is 10.2 Å². The molecule has 1 aliphatic carbocycles. The summed E-state index contributed by atoms with van der Waals surface area (Å²) in [6.45, 7) is 0. The number of hydrogen-bond donors (Lipinski definition) is 5. The molecule has 10 heteroatoms. The quantitative estimate of drug-likeness (QED) is 0.363. The number of hydrogen-bond acceptors (Lipinski definition) is 7. The molecule has 33 heavy (non-hydrogen) atoms. The van der Waals surface area contributed by atoms with E-state index >= 15 is 0 Å². The molecule has 0 radical (unpaired) electrons. The fraction of sp³-hybridized carbons (Fsp3) is 0.391. The van der Waals surface area contributed by atoms with Crippen LogP contribution in [0.1, 0.15) is 53.6 Å². The summed E-state index contributed by atoms with van der Waals surface area (Å²) in [7, 11) is 0. The Morgan fingerprint density at radius 1 is 1.09 bits per heavy atom. The first-order valence-corrected chi connectivity index (χ1v) is 12.1. The van der Waals surface area contributed by atoms with Crippen molar-refractivity contribution in [1.82, 2.24) is 31.7 Å². The van der Waals surface area contributed by atoms with Gasteiger partial charge < -0.3 is 4.98 Å². The van der Waals surface area contributed by atoms with E-state index in [1.165, 1.54) is 4.88 Å². The molecule has 0 spiro atoms. The SMILES string of the molecule is O=C(CCc1nc2sc3c(c2c(=O)[nH]1)CCCC3)NNC(=O)C1CC(c2ccccc2)NN1. The Bertz CT molecular complexity index is 1240. The lowest BCUT2D eigenvalue weighted by atomic mass is 9.97. The summed E-state index contributed by atoms with van der Waals surface area (Å²) >= 11 is 1.59. The molecule has 2 unspecified atom stereocenters. The van der Waals surface area contributed by atoms with Gasteiger partial charge in [0.15, 0.2) is 0 Å². The standard InChI is InChI=1S/C23H26N6O3S/c30-19(28-29-21(31)16-12-15(26-27-16)13-6-2-1-3-7-13)11-10-18-24-22(32)20-14-8-4-5-9-17(14)33-23(20)25-18/h1-3,6-7,15-16,26-27H,4-5,8-12H2,(H,28,30)(H,29,31)(H,24,25,32). The van der Waals surface area contributed by atoms with E-state index in [1.807, 2.05) is 30.3 Å². The molecule has 5 N–H and O–H groups in total. The van der Waals surface area contributed by atoms with Crippen LogP contribution in [-0.2, 0) is 28.9 Å². The predicted octanol–water partition coefficient (Wildman–Crippen LogP) is 1.55. The van der Waals surface area contributed by atoms with Gasteiger partial charge in [-0.3, -0.25) is 25.2 Å². The van der Waals surface area contributed by atoms with Crippen LogP contribution in [0.15, 0.2) is 35.1 Å². The van der Waals surface area contributed by atoms with Gasteiger partial charge in [-0.25, -0.2) is 15.8 Å². The first-order valence-electron chi connectivity index (χ1n) is 11.3. The zero-order valence-corrected chi connectivity index (χ0v) is 18.9. The van der Waals surface area contributed by atoms with Gasteiger partial charge in [-0.2, -0.15) is 0 Å². The lowest BCUT2D eigenvalue weighted by molar-refractivity contribution is -0.129. The second-order valence-corrected chi connectivity index (χ2v) is 9.56. The van der Waals surface area contributed by atoms with Crippen LogP contribution in [0.5, 0.6) is 0 Å². The number of H-pyrrole nitrogens is 1. The Kier molecular flexibility index (Phi) is 6.21. The van der Waals surface area contributed by atoms with Gasteiger partial charge in [0.05, 0.1) is 5.39 Å².